The van der Waals surface area contributed by atoms with Gasteiger partial charge in [0.15, 0.2) is 0 Å². The van der Waals surface area contributed by atoms with Gasteiger partial charge in [0.2, 0.25) is 0 Å². The van der Waals surface area contributed by atoms with Crippen molar-refractivity contribution in [2.75, 3.05) is 6.54 Å². The van der Waals surface area contributed by atoms with E-state index in [-0.39, 0.29) is 28.0 Å². The van der Waals surface area contributed by atoms with Gasteiger partial charge in [0.1, 0.15) is 10.8 Å². The Morgan fingerprint density at radius 3 is 2.24 bits per heavy atom. The number of carbonyl (C=O) groups excluding carboxylic acids is 2. The molecule has 0 radical (unpaired) electrons. The molecule has 0 fully saturated rings. The lowest BCUT2D eigenvalue weighted by molar-refractivity contribution is -0.136. The number of carbonyl (C=O) groups is 2. The van der Waals surface area contributed by atoms with Gasteiger partial charge in [0, 0.05) is 17.1 Å². The minimum absolute atomic E-state index is 0.0624. The lowest BCUT2D eigenvalue weighted by Gasteiger charge is -2.15. The maximum absolute atomic E-state index is 12.9. The van der Waals surface area contributed by atoms with Gasteiger partial charge >= 0.3 is 0 Å². The summed E-state index contributed by atoms with van der Waals surface area (Å²) < 4.78 is 12.9. The Morgan fingerprint density at radius 1 is 0.920 bits per heavy atom. The summed E-state index contributed by atoms with van der Waals surface area (Å²) in [5.41, 5.74) is 1.22. The number of hydrogen-bond donors (Lipinski definition) is 0. The summed E-state index contributed by atoms with van der Waals surface area (Å²) in [5.74, 6) is -1.43. The molecule has 0 N–H and O–H groups in total. The maximum atomic E-state index is 12.9. The Kier molecular flexibility index (Phi) is 5.13. The van der Waals surface area contributed by atoms with E-state index in [1.165, 1.54) is 18.2 Å². The van der Waals surface area contributed by atoms with Crippen LogP contribution in [0.15, 0.2) is 47.5 Å². The number of rotatable bonds is 4. The third-order valence-electron chi connectivity index (χ3n) is 3.85. The second-order valence-electron chi connectivity index (χ2n) is 5.45. The Balaban J connectivity index is 1.82. The zero-order valence-corrected chi connectivity index (χ0v) is 15.0. The van der Waals surface area contributed by atoms with Crippen molar-refractivity contribution in [3.8, 4) is 0 Å². The molecule has 1 aliphatic heterocycles. The Bertz CT molecular complexity index is 894. The summed E-state index contributed by atoms with van der Waals surface area (Å²) in [7, 11) is 0. The summed E-state index contributed by atoms with van der Waals surface area (Å²) >= 11 is 18.1. The summed E-state index contributed by atoms with van der Waals surface area (Å²) in [4.78, 5) is 26.1. The highest BCUT2D eigenvalue weighted by atomic mass is 35.5. The highest BCUT2D eigenvalue weighted by molar-refractivity contribution is 6.55. The van der Waals surface area contributed by atoms with E-state index in [9.17, 15) is 14.0 Å². The number of imide groups is 1. The summed E-state index contributed by atoms with van der Waals surface area (Å²) in [6.45, 7) is 0.133. The monoisotopic (exact) mass is 397 g/mol. The molecule has 0 spiro atoms. The van der Waals surface area contributed by atoms with Crippen molar-refractivity contribution < 1.29 is 14.0 Å². The average Bonchev–Trinajstić information content (AvgIpc) is 2.78. The van der Waals surface area contributed by atoms with Gasteiger partial charge in [-0.2, -0.15) is 0 Å². The fourth-order valence-electron chi connectivity index (χ4n) is 2.57. The Morgan fingerprint density at radius 2 is 1.60 bits per heavy atom. The minimum atomic E-state index is -0.574. The van der Waals surface area contributed by atoms with Crippen LogP contribution < -0.4 is 0 Å². The van der Waals surface area contributed by atoms with E-state index in [1.54, 1.807) is 24.3 Å². The lowest BCUT2D eigenvalue weighted by Crippen LogP contribution is -2.33. The second-order valence-corrected chi connectivity index (χ2v) is 6.67. The van der Waals surface area contributed by atoms with Gasteiger partial charge in [-0.25, -0.2) is 4.39 Å². The molecule has 1 heterocycles. The Hall–Kier alpha value is -1.88. The number of benzene rings is 2. The molecule has 0 saturated carbocycles. The first-order valence-corrected chi connectivity index (χ1v) is 8.47. The van der Waals surface area contributed by atoms with Crippen molar-refractivity contribution in [3.63, 3.8) is 0 Å². The highest BCUT2D eigenvalue weighted by Gasteiger charge is 2.38. The van der Waals surface area contributed by atoms with Crippen LogP contribution in [-0.2, 0) is 16.0 Å². The molecule has 3 nitrogen and oxygen atoms in total. The molecule has 25 heavy (non-hydrogen) atoms. The van der Waals surface area contributed by atoms with Gasteiger partial charge in [-0.1, -0.05) is 53.0 Å². The summed E-state index contributed by atoms with van der Waals surface area (Å²) in [5, 5.41) is 0.478. The normalized spacial score (nSPS) is 14.6. The van der Waals surface area contributed by atoms with Crippen LogP contribution in [0.3, 0.4) is 0 Å². The number of amides is 2. The predicted molar refractivity (Wildman–Crippen MR) is 96.1 cm³/mol. The van der Waals surface area contributed by atoms with Crippen molar-refractivity contribution in [1.82, 2.24) is 4.90 Å². The molecule has 0 saturated heterocycles. The SMILES string of the molecule is O=C1C(Cl)=C(c2ccc(Cl)cc2Cl)C(=O)N1CCc1ccc(F)cc1. The van der Waals surface area contributed by atoms with Crippen LogP contribution in [0, 0.1) is 5.82 Å². The maximum Gasteiger partial charge on any atom is 0.273 e. The van der Waals surface area contributed by atoms with Gasteiger partial charge in [0.05, 0.1) is 10.6 Å². The van der Waals surface area contributed by atoms with E-state index < -0.39 is 11.8 Å². The molecule has 0 aliphatic carbocycles. The van der Waals surface area contributed by atoms with Crippen LogP contribution >= 0.6 is 34.8 Å². The number of hydrogen-bond acceptors (Lipinski definition) is 2. The van der Waals surface area contributed by atoms with Crippen LogP contribution in [0.4, 0.5) is 4.39 Å². The Labute approximate surface area is 158 Å². The van der Waals surface area contributed by atoms with Gasteiger partial charge in [-0.05, 0) is 36.2 Å². The van der Waals surface area contributed by atoms with E-state index in [1.807, 2.05) is 0 Å². The van der Waals surface area contributed by atoms with Crippen LogP contribution in [-0.4, -0.2) is 23.3 Å². The first-order valence-electron chi connectivity index (χ1n) is 7.34. The number of halogens is 4. The van der Waals surface area contributed by atoms with Crippen molar-refractivity contribution in [3.05, 3.63) is 74.5 Å². The molecule has 128 valence electrons. The highest BCUT2D eigenvalue weighted by Crippen LogP contribution is 2.36. The minimum Gasteiger partial charge on any atom is -0.273 e. The molecular weight excluding hydrogens is 388 g/mol. The van der Waals surface area contributed by atoms with Crippen molar-refractivity contribution in [2.24, 2.45) is 0 Å². The predicted octanol–water partition coefficient (Wildman–Crippen LogP) is 4.69. The molecule has 0 unspecified atom stereocenters. The van der Waals surface area contributed by atoms with E-state index >= 15 is 0 Å². The van der Waals surface area contributed by atoms with Crippen LogP contribution in [0.1, 0.15) is 11.1 Å². The molecule has 3 rings (SSSR count). The molecule has 0 atom stereocenters. The zero-order valence-electron chi connectivity index (χ0n) is 12.7. The number of nitrogens with zero attached hydrogens (tertiary/aromatic N) is 1. The largest absolute Gasteiger partial charge is 0.273 e. The topological polar surface area (TPSA) is 37.4 Å². The van der Waals surface area contributed by atoms with Crippen molar-refractivity contribution >= 4 is 52.2 Å². The second kappa shape index (κ2) is 7.16. The summed E-state index contributed by atoms with van der Waals surface area (Å²) in [6.07, 6.45) is 0.392. The third kappa shape index (κ3) is 3.56. The van der Waals surface area contributed by atoms with Crippen LogP contribution in [0.2, 0.25) is 10.0 Å². The lowest BCUT2D eigenvalue weighted by atomic mass is 10.1. The van der Waals surface area contributed by atoms with Gasteiger partial charge < -0.3 is 0 Å². The fourth-order valence-corrected chi connectivity index (χ4v) is 3.35. The van der Waals surface area contributed by atoms with E-state index in [0.717, 1.165) is 10.5 Å². The standard InChI is InChI=1S/C18H11Cl3FNO2/c19-11-3-6-13(14(20)9-11)15-16(21)18(25)23(17(15)24)8-7-10-1-4-12(22)5-2-10/h1-6,9H,7-8H2. The molecule has 0 bridgehead atoms. The molecule has 2 aromatic rings. The molecule has 0 aromatic heterocycles. The first kappa shape index (κ1) is 17.9. The zero-order chi connectivity index (χ0) is 18.1. The van der Waals surface area contributed by atoms with E-state index in [2.05, 4.69) is 0 Å². The first-order chi connectivity index (χ1) is 11.9. The molecule has 2 amide bonds. The van der Waals surface area contributed by atoms with Crippen molar-refractivity contribution in [1.29, 1.82) is 0 Å². The van der Waals surface area contributed by atoms with E-state index in [4.69, 9.17) is 34.8 Å². The summed E-state index contributed by atoms with van der Waals surface area (Å²) in [6, 6.07) is 10.5. The average molecular weight is 399 g/mol. The van der Waals surface area contributed by atoms with Crippen LogP contribution in [0.25, 0.3) is 5.57 Å². The van der Waals surface area contributed by atoms with E-state index in [0.29, 0.717) is 17.0 Å². The molecule has 7 heteroatoms. The molecular formula is C18H11Cl3FNO2. The molecule has 1 aliphatic rings. The van der Waals surface area contributed by atoms with Crippen LogP contribution in [0.5, 0.6) is 0 Å². The third-order valence-corrected chi connectivity index (χ3v) is 4.75. The quantitative estimate of drug-likeness (QED) is 0.701. The van der Waals surface area contributed by atoms with Gasteiger partial charge in [-0.15, -0.1) is 0 Å². The molecule has 2 aromatic carbocycles. The van der Waals surface area contributed by atoms with Gasteiger partial charge in [0.25, 0.3) is 11.8 Å². The van der Waals surface area contributed by atoms with Gasteiger partial charge in [-0.3, -0.25) is 14.5 Å². The smallest absolute Gasteiger partial charge is 0.273 e. The van der Waals surface area contributed by atoms with Crippen molar-refractivity contribution in [2.45, 2.75) is 6.42 Å². The fraction of sp³-hybridized carbons (Fsp3) is 0.111.